The smallest absolute Gasteiger partial charge is 0.244 e. The maximum absolute atomic E-state index is 12.0. The predicted molar refractivity (Wildman–Crippen MR) is 68.0 cm³/mol. The average molecular weight is 278 g/mol. The number of rotatable bonds is 5. The fourth-order valence-electron chi connectivity index (χ4n) is 1.22. The summed E-state index contributed by atoms with van der Waals surface area (Å²) in [4.78, 5) is 0.102. The minimum atomic E-state index is -3.55. The van der Waals surface area contributed by atoms with Crippen LogP contribution in [0, 0.1) is 5.92 Å². The minimum absolute atomic E-state index is 0.102. The summed E-state index contributed by atoms with van der Waals surface area (Å²) in [6.45, 7) is 4.25. The molecule has 0 radical (unpaired) electrons. The highest BCUT2D eigenvalue weighted by Gasteiger charge is 2.19. The topological polar surface area (TPSA) is 55.4 Å². The van der Waals surface area contributed by atoms with Crippen molar-refractivity contribution in [1.29, 1.82) is 0 Å². The highest BCUT2D eigenvalue weighted by molar-refractivity contribution is 7.89. The Morgan fingerprint density at radius 1 is 1.41 bits per heavy atom. The van der Waals surface area contributed by atoms with Crippen molar-refractivity contribution in [2.24, 2.45) is 5.92 Å². The van der Waals surface area contributed by atoms with Crippen LogP contribution in [0.5, 0.6) is 5.75 Å². The lowest BCUT2D eigenvalue weighted by Gasteiger charge is -2.12. The third kappa shape index (κ3) is 3.87. The third-order valence-corrected chi connectivity index (χ3v) is 3.79. The second-order valence-corrected chi connectivity index (χ2v) is 6.21. The van der Waals surface area contributed by atoms with Crippen LogP contribution < -0.4 is 9.46 Å². The molecule has 4 nitrogen and oxygen atoms in total. The first-order valence-electron chi connectivity index (χ1n) is 5.20. The van der Waals surface area contributed by atoms with E-state index in [1.165, 1.54) is 25.3 Å². The molecule has 1 aromatic carbocycles. The van der Waals surface area contributed by atoms with Gasteiger partial charge in [0.15, 0.2) is 0 Å². The van der Waals surface area contributed by atoms with Crippen LogP contribution in [0.3, 0.4) is 0 Å². The number of methoxy groups -OCH3 is 1. The van der Waals surface area contributed by atoms with E-state index in [0.717, 1.165) is 0 Å². The molecule has 1 N–H and O–H groups in total. The molecule has 0 saturated heterocycles. The number of nitrogens with one attached hydrogen (secondary N) is 1. The first kappa shape index (κ1) is 14.3. The molecule has 0 fully saturated rings. The van der Waals surface area contributed by atoms with Crippen molar-refractivity contribution in [3.05, 3.63) is 23.2 Å². The van der Waals surface area contributed by atoms with Gasteiger partial charge >= 0.3 is 0 Å². The molecule has 1 rings (SSSR count). The van der Waals surface area contributed by atoms with Crippen LogP contribution in [0.2, 0.25) is 5.02 Å². The molecule has 0 aromatic heterocycles. The molecule has 0 aliphatic rings. The summed E-state index contributed by atoms with van der Waals surface area (Å²) < 4.78 is 31.5. The van der Waals surface area contributed by atoms with Gasteiger partial charge in [-0.1, -0.05) is 25.4 Å². The molecule has 0 spiro atoms. The molecule has 0 bridgehead atoms. The van der Waals surface area contributed by atoms with Crippen molar-refractivity contribution in [1.82, 2.24) is 4.72 Å². The van der Waals surface area contributed by atoms with Gasteiger partial charge in [0.1, 0.15) is 10.6 Å². The van der Waals surface area contributed by atoms with Gasteiger partial charge in [-0.2, -0.15) is 0 Å². The molecule has 0 amide bonds. The van der Waals surface area contributed by atoms with Gasteiger partial charge in [-0.05, 0) is 18.1 Å². The molecule has 0 saturated carbocycles. The van der Waals surface area contributed by atoms with E-state index in [1.54, 1.807) is 0 Å². The van der Waals surface area contributed by atoms with Crippen molar-refractivity contribution in [3.63, 3.8) is 0 Å². The first-order valence-corrected chi connectivity index (χ1v) is 7.06. The van der Waals surface area contributed by atoms with Crippen LogP contribution in [-0.4, -0.2) is 22.1 Å². The summed E-state index contributed by atoms with van der Waals surface area (Å²) >= 11 is 5.78. The van der Waals surface area contributed by atoms with E-state index in [2.05, 4.69) is 4.72 Å². The molecular formula is C11H16ClNO3S. The standard InChI is InChI=1S/C11H16ClNO3S/c1-8(2)7-13-17(14,15)11-5-4-9(12)6-10(11)16-3/h4-6,8,13H,7H2,1-3H3. The van der Waals surface area contributed by atoms with Crippen LogP contribution in [0.4, 0.5) is 0 Å². The number of hydrogen-bond acceptors (Lipinski definition) is 3. The monoisotopic (exact) mass is 277 g/mol. The van der Waals surface area contributed by atoms with E-state index in [9.17, 15) is 8.42 Å². The Hall–Kier alpha value is -0.780. The van der Waals surface area contributed by atoms with Crippen molar-refractivity contribution in [2.45, 2.75) is 18.7 Å². The first-order chi connectivity index (χ1) is 7.86. The summed E-state index contributed by atoms with van der Waals surface area (Å²) in [7, 11) is -2.14. The van der Waals surface area contributed by atoms with Gasteiger partial charge in [0, 0.05) is 17.6 Å². The SMILES string of the molecule is COc1cc(Cl)ccc1S(=O)(=O)NCC(C)C. The Labute approximate surface area is 107 Å². The van der Waals surface area contributed by atoms with Crippen LogP contribution in [0.15, 0.2) is 23.1 Å². The third-order valence-electron chi connectivity index (χ3n) is 2.10. The Kier molecular flexibility index (Phi) is 4.80. The summed E-state index contributed by atoms with van der Waals surface area (Å²) in [6.07, 6.45) is 0. The fourth-order valence-corrected chi connectivity index (χ4v) is 2.74. The van der Waals surface area contributed by atoms with Crippen molar-refractivity contribution < 1.29 is 13.2 Å². The lowest BCUT2D eigenvalue weighted by molar-refractivity contribution is 0.402. The van der Waals surface area contributed by atoms with Crippen LogP contribution in [0.25, 0.3) is 0 Å². The van der Waals surface area contributed by atoms with Gasteiger partial charge in [0.25, 0.3) is 0 Å². The lowest BCUT2D eigenvalue weighted by atomic mass is 10.2. The van der Waals surface area contributed by atoms with Gasteiger partial charge in [-0.3, -0.25) is 0 Å². The number of ether oxygens (including phenoxy) is 1. The van der Waals surface area contributed by atoms with Crippen molar-refractivity contribution in [3.8, 4) is 5.75 Å². The van der Waals surface area contributed by atoms with Gasteiger partial charge < -0.3 is 4.74 Å². The van der Waals surface area contributed by atoms with Crippen molar-refractivity contribution in [2.75, 3.05) is 13.7 Å². The summed E-state index contributed by atoms with van der Waals surface area (Å²) in [5.41, 5.74) is 0. The Morgan fingerprint density at radius 2 is 2.06 bits per heavy atom. The Balaban J connectivity index is 3.06. The van der Waals surface area contributed by atoms with Gasteiger partial charge in [-0.25, -0.2) is 13.1 Å². The molecule has 1 aromatic rings. The van der Waals surface area contributed by atoms with Gasteiger partial charge in [-0.15, -0.1) is 0 Å². The van der Waals surface area contributed by atoms with E-state index >= 15 is 0 Å². The minimum Gasteiger partial charge on any atom is -0.495 e. The van der Waals surface area contributed by atoms with E-state index in [0.29, 0.717) is 11.6 Å². The number of sulfonamides is 1. The Bertz CT molecular complexity index is 485. The van der Waals surface area contributed by atoms with E-state index in [-0.39, 0.29) is 16.6 Å². The molecular weight excluding hydrogens is 262 g/mol. The van der Waals surface area contributed by atoms with Crippen LogP contribution in [0.1, 0.15) is 13.8 Å². The molecule has 0 atom stereocenters. The number of benzene rings is 1. The highest BCUT2D eigenvalue weighted by atomic mass is 35.5. The fraction of sp³-hybridized carbons (Fsp3) is 0.455. The lowest BCUT2D eigenvalue weighted by Crippen LogP contribution is -2.27. The number of halogens is 1. The molecule has 17 heavy (non-hydrogen) atoms. The molecule has 6 heteroatoms. The zero-order valence-electron chi connectivity index (χ0n) is 10.0. The summed E-state index contributed by atoms with van der Waals surface area (Å²) in [6, 6.07) is 4.43. The zero-order valence-corrected chi connectivity index (χ0v) is 11.6. The van der Waals surface area contributed by atoms with Gasteiger partial charge in [0.2, 0.25) is 10.0 Å². The number of hydrogen-bond donors (Lipinski definition) is 1. The maximum atomic E-state index is 12.0. The molecule has 96 valence electrons. The summed E-state index contributed by atoms with van der Waals surface area (Å²) in [5, 5.41) is 0.435. The average Bonchev–Trinajstić information content (AvgIpc) is 2.26. The molecule has 0 aliphatic heterocycles. The van der Waals surface area contributed by atoms with Crippen LogP contribution in [-0.2, 0) is 10.0 Å². The second-order valence-electron chi connectivity index (χ2n) is 4.04. The van der Waals surface area contributed by atoms with E-state index in [1.807, 2.05) is 13.8 Å². The second kappa shape index (κ2) is 5.71. The van der Waals surface area contributed by atoms with Gasteiger partial charge in [0.05, 0.1) is 7.11 Å². The molecule has 0 heterocycles. The summed E-state index contributed by atoms with van der Waals surface area (Å²) in [5.74, 6) is 0.483. The molecule has 0 aliphatic carbocycles. The normalized spacial score (nSPS) is 11.8. The maximum Gasteiger partial charge on any atom is 0.244 e. The zero-order chi connectivity index (χ0) is 13.1. The van der Waals surface area contributed by atoms with E-state index in [4.69, 9.17) is 16.3 Å². The quantitative estimate of drug-likeness (QED) is 0.898. The molecule has 0 unspecified atom stereocenters. The van der Waals surface area contributed by atoms with Crippen molar-refractivity contribution >= 4 is 21.6 Å². The predicted octanol–water partition coefficient (Wildman–Crippen LogP) is 2.28. The largest absolute Gasteiger partial charge is 0.495 e. The van der Waals surface area contributed by atoms with E-state index < -0.39 is 10.0 Å². The Morgan fingerprint density at radius 3 is 2.59 bits per heavy atom. The highest BCUT2D eigenvalue weighted by Crippen LogP contribution is 2.26. The van der Waals surface area contributed by atoms with Crippen LogP contribution >= 0.6 is 11.6 Å².